The number of carbonyl (C=O) groups is 1. The normalized spacial score (nSPS) is 20.2. The second kappa shape index (κ2) is 6.84. The van der Waals surface area contributed by atoms with Gasteiger partial charge in [-0.2, -0.15) is 0 Å². The molecule has 0 aromatic heterocycles. The highest BCUT2D eigenvalue weighted by Gasteiger charge is 2.36. The van der Waals surface area contributed by atoms with Gasteiger partial charge in [0.1, 0.15) is 24.4 Å². The van der Waals surface area contributed by atoms with Crippen LogP contribution in [0.25, 0.3) is 0 Å². The molecule has 0 aliphatic heterocycles. The van der Waals surface area contributed by atoms with Crippen LogP contribution < -0.4 is 0 Å². The molecule has 17 heavy (non-hydrogen) atoms. The molecule has 0 saturated heterocycles. The Labute approximate surface area is 98.3 Å². The standard InChI is InChI=1S/C9H19NO7/c1-4(12)10(2)9(17)8(16)7(15)6(14)5(13)3-11/h5-9,11,13-17H,3H2,1-2H3/t5-,6-,7+,8-,9?/m1/s1. The smallest absolute Gasteiger partial charge is 0.221 e. The Morgan fingerprint density at radius 2 is 1.53 bits per heavy atom. The maximum atomic E-state index is 10.9. The van der Waals surface area contributed by atoms with Crippen LogP contribution in [0.4, 0.5) is 0 Å². The maximum Gasteiger partial charge on any atom is 0.221 e. The molecule has 8 nitrogen and oxygen atoms in total. The monoisotopic (exact) mass is 253 g/mol. The Balaban J connectivity index is 4.58. The van der Waals surface area contributed by atoms with Crippen LogP contribution in [-0.2, 0) is 4.79 Å². The number of aliphatic hydroxyl groups excluding tert-OH is 6. The van der Waals surface area contributed by atoms with Crippen LogP contribution in [0.5, 0.6) is 0 Å². The first kappa shape index (κ1) is 16.2. The van der Waals surface area contributed by atoms with Gasteiger partial charge in [0.25, 0.3) is 0 Å². The lowest BCUT2D eigenvalue weighted by molar-refractivity contribution is -0.174. The topological polar surface area (TPSA) is 142 Å². The van der Waals surface area contributed by atoms with Crippen LogP contribution in [0.15, 0.2) is 0 Å². The van der Waals surface area contributed by atoms with Crippen molar-refractivity contribution in [2.45, 2.75) is 37.6 Å². The van der Waals surface area contributed by atoms with E-state index in [1.165, 1.54) is 7.05 Å². The number of rotatable bonds is 6. The molecule has 0 aromatic carbocycles. The zero-order valence-electron chi connectivity index (χ0n) is 9.63. The summed E-state index contributed by atoms with van der Waals surface area (Å²) in [5, 5.41) is 55.2. The number of hydrogen-bond acceptors (Lipinski definition) is 7. The summed E-state index contributed by atoms with van der Waals surface area (Å²) < 4.78 is 0. The van der Waals surface area contributed by atoms with Crippen LogP contribution >= 0.6 is 0 Å². The third-order valence-corrected chi connectivity index (χ3v) is 2.48. The quantitative estimate of drug-likeness (QED) is 0.267. The molecule has 0 spiro atoms. The van der Waals surface area contributed by atoms with Crippen molar-refractivity contribution in [1.29, 1.82) is 0 Å². The molecule has 1 amide bonds. The van der Waals surface area contributed by atoms with Gasteiger partial charge >= 0.3 is 0 Å². The van der Waals surface area contributed by atoms with Crippen molar-refractivity contribution in [3.8, 4) is 0 Å². The molecule has 0 saturated carbocycles. The van der Waals surface area contributed by atoms with Crippen LogP contribution in [0.3, 0.4) is 0 Å². The predicted molar refractivity (Wildman–Crippen MR) is 55.6 cm³/mol. The van der Waals surface area contributed by atoms with Gasteiger partial charge in [0, 0.05) is 14.0 Å². The number of nitrogens with zero attached hydrogens (tertiary/aromatic N) is 1. The summed E-state index contributed by atoms with van der Waals surface area (Å²) in [5.41, 5.74) is 0. The van der Waals surface area contributed by atoms with Gasteiger partial charge in [0.15, 0.2) is 6.23 Å². The Morgan fingerprint density at radius 1 is 1.06 bits per heavy atom. The zero-order chi connectivity index (χ0) is 13.7. The Bertz CT molecular complexity index is 249. The molecule has 0 aliphatic carbocycles. The van der Waals surface area contributed by atoms with E-state index in [2.05, 4.69) is 0 Å². The second-order valence-corrected chi connectivity index (χ2v) is 3.77. The second-order valence-electron chi connectivity index (χ2n) is 3.77. The summed E-state index contributed by atoms with van der Waals surface area (Å²) in [7, 11) is 1.19. The molecular formula is C9H19NO7. The third-order valence-electron chi connectivity index (χ3n) is 2.48. The lowest BCUT2D eigenvalue weighted by atomic mass is 10.0. The summed E-state index contributed by atoms with van der Waals surface area (Å²) in [6.45, 7) is 0.324. The molecule has 6 N–H and O–H groups in total. The highest BCUT2D eigenvalue weighted by molar-refractivity contribution is 5.73. The minimum atomic E-state index is -1.91. The molecule has 0 radical (unpaired) electrons. The molecule has 0 bridgehead atoms. The highest BCUT2D eigenvalue weighted by atomic mass is 16.4. The lowest BCUT2D eigenvalue weighted by Gasteiger charge is -2.32. The van der Waals surface area contributed by atoms with Crippen LogP contribution in [0, 0.1) is 0 Å². The zero-order valence-corrected chi connectivity index (χ0v) is 9.63. The molecule has 0 aromatic rings. The van der Waals surface area contributed by atoms with Gasteiger partial charge < -0.3 is 35.5 Å². The Hall–Kier alpha value is -0.770. The summed E-state index contributed by atoms with van der Waals surface area (Å²) in [6.07, 6.45) is -9.02. The lowest BCUT2D eigenvalue weighted by Crippen LogP contribution is -2.54. The van der Waals surface area contributed by atoms with Crippen LogP contribution in [-0.4, -0.2) is 85.7 Å². The fourth-order valence-corrected chi connectivity index (χ4v) is 1.13. The molecule has 0 heterocycles. The van der Waals surface area contributed by atoms with Crippen molar-refractivity contribution >= 4 is 5.91 Å². The van der Waals surface area contributed by atoms with E-state index in [1.807, 2.05) is 0 Å². The van der Waals surface area contributed by atoms with Crippen molar-refractivity contribution in [2.75, 3.05) is 13.7 Å². The van der Waals surface area contributed by atoms with E-state index in [0.29, 0.717) is 0 Å². The van der Waals surface area contributed by atoms with E-state index in [4.69, 9.17) is 10.2 Å². The summed E-state index contributed by atoms with van der Waals surface area (Å²) in [4.78, 5) is 11.6. The molecule has 5 atom stereocenters. The molecule has 0 aliphatic rings. The van der Waals surface area contributed by atoms with Gasteiger partial charge in [-0.25, -0.2) is 0 Å². The van der Waals surface area contributed by atoms with Gasteiger partial charge in [-0.05, 0) is 0 Å². The van der Waals surface area contributed by atoms with Gasteiger partial charge in [-0.3, -0.25) is 4.79 Å². The van der Waals surface area contributed by atoms with E-state index in [-0.39, 0.29) is 0 Å². The first-order chi connectivity index (χ1) is 7.73. The van der Waals surface area contributed by atoms with E-state index in [9.17, 15) is 25.2 Å². The maximum absolute atomic E-state index is 10.9. The van der Waals surface area contributed by atoms with E-state index in [0.717, 1.165) is 11.8 Å². The van der Waals surface area contributed by atoms with Crippen molar-refractivity contribution in [2.24, 2.45) is 0 Å². The first-order valence-electron chi connectivity index (χ1n) is 4.98. The average Bonchev–Trinajstić information content (AvgIpc) is 2.32. The number of hydrogen-bond donors (Lipinski definition) is 6. The van der Waals surface area contributed by atoms with Crippen molar-refractivity contribution < 1.29 is 35.4 Å². The van der Waals surface area contributed by atoms with Crippen LogP contribution in [0.1, 0.15) is 6.92 Å². The van der Waals surface area contributed by atoms with Crippen molar-refractivity contribution in [3.63, 3.8) is 0 Å². The Kier molecular flexibility index (Phi) is 6.53. The van der Waals surface area contributed by atoms with E-state index >= 15 is 0 Å². The molecule has 8 heteroatoms. The minimum absolute atomic E-state index is 0.555. The molecule has 0 fully saturated rings. The average molecular weight is 253 g/mol. The summed E-state index contributed by atoms with van der Waals surface area (Å²) in [6, 6.07) is 0. The van der Waals surface area contributed by atoms with E-state index in [1.54, 1.807) is 0 Å². The van der Waals surface area contributed by atoms with Crippen LogP contribution in [0.2, 0.25) is 0 Å². The number of aliphatic hydroxyl groups is 6. The van der Waals surface area contributed by atoms with Gasteiger partial charge in [0.2, 0.25) is 5.91 Å². The molecule has 102 valence electrons. The summed E-state index contributed by atoms with van der Waals surface area (Å²) >= 11 is 0. The van der Waals surface area contributed by atoms with Gasteiger partial charge in [0.05, 0.1) is 6.61 Å². The van der Waals surface area contributed by atoms with Crippen molar-refractivity contribution in [3.05, 3.63) is 0 Å². The van der Waals surface area contributed by atoms with E-state index < -0.39 is 43.2 Å². The SMILES string of the molecule is CC(=O)N(C)C(O)[C@H](O)[C@@H](O)[C@H](O)[C@H](O)CO. The summed E-state index contributed by atoms with van der Waals surface area (Å²) in [5.74, 6) is -0.555. The first-order valence-corrected chi connectivity index (χ1v) is 4.98. The highest BCUT2D eigenvalue weighted by Crippen LogP contribution is 2.10. The Morgan fingerprint density at radius 3 is 1.88 bits per heavy atom. The number of carbonyl (C=O) groups excluding carboxylic acids is 1. The minimum Gasteiger partial charge on any atom is -0.394 e. The third kappa shape index (κ3) is 4.19. The fraction of sp³-hybridized carbons (Fsp3) is 0.889. The fourth-order valence-electron chi connectivity index (χ4n) is 1.13. The van der Waals surface area contributed by atoms with Crippen molar-refractivity contribution in [1.82, 2.24) is 4.90 Å². The predicted octanol–water partition coefficient (Wildman–Crippen LogP) is -3.78. The molecular weight excluding hydrogens is 234 g/mol. The van der Waals surface area contributed by atoms with Gasteiger partial charge in [-0.15, -0.1) is 0 Å². The number of amides is 1. The largest absolute Gasteiger partial charge is 0.394 e. The van der Waals surface area contributed by atoms with Gasteiger partial charge in [-0.1, -0.05) is 0 Å². The molecule has 0 rings (SSSR count). The molecule has 1 unspecified atom stereocenters. The number of likely N-dealkylation sites (N-methyl/N-ethyl adjacent to an activating group) is 1.